The predicted octanol–water partition coefficient (Wildman–Crippen LogP) is 4.35. The summed E-state index contributed by atoms with van der Waals surface area (Å²) in [6, 6.07) is 23.5. The van der Waals surface area contributed by atoms with Crippen LogP contribution in [0, 0.1) is 0 Å². The third kappa shape index (κ3) is 3.51. The molecule has 28 heavy (non-hydrogen) atoms. The summed E-state index contributed by atoms with van der Waals surface area (Å²) in [7, 11) is 0. The molecule has 0 saturated heterocycles. The van der Waals surface area contributed by atoms with Crippen molar-refractivity contribution in [1.29, 1.82) is 0 Å². The average Bonchev–Trinajstić information content (AvgIpc) is 3.05. The second kappa shape index (κ2) is 7.87. The van der Waals surface area contributed by atoms with Crippen LogP contribution in [0.4, 0.5) is 0 Å². The molecule has 4 nitrogen and oxygen atoms in total. The van der Waals surface area contributed by atoms with Gasteiger partial charge in [-0.15, -0.1) is 0 Å². The Bertz CT molecular complexity index is 1020. The van der Waals surface area contributed by atoms with Crippen molar-refractivity contribution in [2.24, 2.45) is 0 Å². The molecule has 1 N–H and O–H groups in total. The monoisotopic (exact) mass is 390 g/mol. The number of carbonyl (C=O) groups excluding carboxylic acids is 2. The van der Waals surface area contributed by atoms with Gasteiger partial charge in [-0.3, -0.25) is 9.59 Å². The van der Waals surface area contributed by atoms with E-state index < -0.39 is 6.04 Å². The number of amides is 2. The van der Waals surface area contributed by atoms with Gasteiger partial charge in [-0.1, -0.05) is 78.3 Å². The lowest BCUT2D eigenvalue weighted by atomic mass is 10.0. The Morgan fingerprint density at radius 1 is 0.964 bits per heavy atom. The topological polar surface area (TPSA) is 49.4 Å². The van der Waals surface area contributed by atoms with E-state index in [0.29, 0.717) is 23.7 Å². The first-order valence-electron chi connectivity index (χ1n) is 9.10. The van der Waals surface area contributed by atoms with Gasteiger partial charge >= 0.3 is 0 Å². The summed E-state index contributed by atoms with van der Waals surface area (Å²) >= 11 is 6.20. The van der Waals surface area contributed by atoms with Gasteiger partial charge in [0.15, 0.2) is 0 Å². The van der Waals surface area contributed by atoms with Gasteiger partial charge < -0.3 is 10.2 Å². The van der Waals surface area contributed by atoms with E-state index in [9.17, 15) is 9.59 Å². The molecule has 3 aromatic rings. The van der Waals surface area contributed by atoms with Gasteiger partial charge in [-0.2, -0.15) is 0 Å². The Morgan fingerprint density at radius 2 is 1.64 bits per heavy atom. The minimum atomic E-state index is -0.705. The van der Waals surface area contributed by atoms with Crippen LogP contribution in [0.5, 0.6) is 0 Å². The zero-order valence-corrected chi connectivity index (χ0v) is 15.9. The van der Waals surface area contributed by atoms with Crippen molar-refractivity contribution in [2.45, 2.75) is 19.1 Å². The van der Waals surface area contributed by atoms with Crippen LogP contribution in [-0.2, 0) is 17.9 Å². The van der Waals surface area contributed by atoms with Gasteiger partial charge in [0.2, 0.25) is 5.91 Å². The Morgan fingerprint density at radius 3 is 2.39 bits per heavy atom. The van der Waals surface area contributed by atoms with Crippen molar-refractivity contribution < 1.29 is 9.59 Å². The number of hydrogen-bond donors (Lipinski definition) is 1. The number of rotatable bonds is 5. The normalized spacial score (nSPS) is 13.9. The molecular weight excluding hydrogens is 372 g/mol. The van der Waals surface area contributed by atoms with Crippen molar-refractivity contribution in [3.8, 4) is 0 Å². The van der Waals surface area contributed by atoms with Crippen LogP contribution in [0.3, 0.4) is 0 Å². The maximum Gasteiger partial charge on any atom is 0.255 e. The van der Waals surface area contributed by atoms with E-state index in [0.717, 1.165) is 16.7 Å². The minimum absolute atomic E-state index is 0.127. The summed E-state index contributed by atoms with van der Waals surface area (Å²) in [6.45, 7) is 0.713. The quantitative estimate of drug-likeness (QED) is 0.704. The minimum Gasteiger partial charge on any atom is -0.350 e. The molecule has 0 saturated carbocycles. The van der Waals surface area contributed by atoms with E-state index in [1.807, 2.05) is 66.7 Å². The Balaban J connectivity index is 1.61. The highest BCUT2D eigenvalue weighted by atomic mass is 35.5. The fraction of sp³-hybridized carbons (Fsp3) is 0.130. The number of benzene rings is 3. The zero-order valence-electron chi connectivity index (χ0n) is 15.1. The number of halogens is 1. The van der Waals surface area contributed by atoms with Crippen molar-refractivity contribution in [2.75, 3.05) is 0 Å². The van der Waals surface area contributed by atoms with Crippen molar-refractivity contribution in [1.82, 2.24) is 10.2 Å². The molecule has 0 fully saturated rings. The molecule has 0 unspecified atom stereocenters. The molecule has 2 amide bonds. The van der Waals surface area contributed by atoms with Crippen LogP contribution in [-0.4, -0.2) is 16.7 Å². The van der Waals surface area contributed by atoms with Crippen LogP contribution in [0.25, 0.3) is 0 Å². The molecule has 1 aliphatic heterocycles. The lowest BCUT2D eigenvalue weighted by Gasteiger charge is -2.27. The van der Waals surface area contributed by atoms with E-state index in [2.05, 4.69) is 5.32 Å². The predicted molar refractivity (Wildman–Crippen MR) is 109 cm³/mol. The Hall–Kier alpha value is -3.11. The average molecular weight is 391 g/mol. The van der Waals surface area contributed by atoms with E-state index in [4.69, 9.17) is 11.6 Å². The highest BCUT2D eigenvalue weighted by Crippen LogP contribution is 2.31. The summed E-state index contributed by atoms with van der Waals surface area (Å²) in [5.74, 6) is -0.357. The van der Waals surface area contributed by atoms with Gasteiger partial charge in [0, 0.05) is 23.7 Å². The Kier molecular flexibility index (Phi) is 5.13. The first-order chi connectivity index (χ1) is 13.6. The molecule has 0 aromatic heterocycles. The molecule has 0 bridgehead atoms. The van der Waals surface area contributed by atoms with Gasteiger partial charge in [-0.05, 0) is 28.8 Å². The lowest BCUT2D eigenvalue weighted by Crippen LogP contribution is -2.40. The maximum atomic E-state index is 13.2. The third-order valence-corrected chi connectivity index (χ3v) is 5.30. The zero-order chi connectivity index (χ0) is 19.5. The fourth-order valence-electron chi connectivity index (χ4n) is 3.51. The third-order valence-electron chi connectivity index (χ3n) is 4.94. The highest BCUT2D eigenvalue weighted by Gasteiger charge is 2.37. The number of fused-ring (bicyclic) bond motifs is 1. The summed E-state index contributed by atoms with van der Waals surface area (Å²) in [5.41, 5.74) is 3.20. The molecule has 3 aromatic carbocycles. The van der Waals surface area contributed by atoms with E-state index in [1.165, 1.54) is 0 Å². The van der Waals surface area contributed by atoms with Crippen LogP contribution >= 0.6 is 11.6 Å². The molecule has 0 aliphatic carbocycles. The Labute approximate surface area is 168 Å². The standard InChI is InChI=1S/C23H19ClN2O2/c24-20-13-7-5-10-17(20)14-25-22(27)21(16-8-2-1-3-9-16)26-15-18-11-4-6-12-19(18)23(26)28/h1-13,21H,14-15H2,(H,25,27)/t21-/m0/s1. The number of nitrogens with one attached hydrogen (secondary N) is 1. The molecule has 1 aliphatic rings. The van der Waals surface area contributed by atoms with Crippen LogP contribution in [0.2, 0.25) is 5.02 Å². The maximum absolute atomic E-state index is 13.2. The summed E-state index contributed by atoms with van der Waals surface area (Å²) in [4.78, 5) is 27.8. The number of nitrogens with zero attached hydrogens (tertiary/aromatic N) is 1. The van der Waals surface area contributed by atoms with E-state index in [-0.39, 0.29) is 11.8 Å². The molecule has 0 radical (unpaired) electrons. The number of hydrogen-bond acceptors (Lipinski definition) is 2. The van der Waals surface area contributed by atoms with Gasteiger partial charge in [0.1, 0.15) is 6.04 Å². The summed E-state index contributed by atoms with van der Waals surface area (Å²) in [5, 5.41) is 3.55. The second-order valence-electron chi connectivity index (χ2n) is 6.71. The lowest BCUT2D eigenvalue weighted by molar-refractivity contribution is -0.126. The van der Waals surface area contributed by atoms with Crippen LogP contribution in [0.1, 0.15) is 33.1 Å². The summed E-state index contributed by atoms with van der Waals surface area (Å²) < 4.78 is 0. The van der Waals surface area contributed by atoms with E-state index >= 15 is 0 Å². The van der Waals surface area contributed by atoms with Crippen molar-refractivity contribution in [3.63, 3.8) is 0 Å². The fourth-order valence-corrected chi connectivity index (χ4v) is 3.72. The summed E-state index contributed by atoms with van der Waals surface area (Å²) in [6.07, 6.45) is 0. The SMILES string of the molecule is O=C(NCc1ccccc1Cl)[C@H](c1ccccc1)N1Cc2ccccc2C1=O. The van der Waals surface area contributed by atoms with E-state index in [1.54, 1.807) is 17.0 Å². The largest absolute Gasteiger partial charge is 0.350 e. The molecule has 5 heteroatoms. The van der Waals surface area contributed by atoms with Crippen molar-refractivity contribution >= 4 is 23.4 Å². The van der Waals surface area contributed by atoms with Crippen molar-refractivity contribution in [3.05, 3.63) is 106 Å². The van der Waals surface area contributed by atoms with Crippen LogP contribution in [0.15, 0.2) is 78.9 Å². The molecule has 140 valence electrons. The van der Waals surface area contributed by atoms with Gasteiger partial charge in [-0.25, -0.2) is 0 Å². The molecule has 1 heterocycles. The van der Waals surface area contributed by atoms with Crippen LogP contribution < -0.4 is 5.32 Å². The first kappa shape index (κ1) is 18.3. The molecular formula is C23H19ClN2O2. The molecule has 4 rings (SSSR count). The highest BCUT2D eigenvalue weighted by molar-refractivity contribution is 6.31. The molecule has 0 spiro atoms. The van der Waals surface area contributed by atoms with Gasteiger partial charge in [0.25, 0.3) is 5.91 Å². The number of carbonyl (C=O) groups is 2. The first-order valence-corrected chi connectivity index (χ1v) is 9.48. The van der Waals surface area contributed by atoms with Gasteiger partial charge in [0.05, 0.1) is 0 Å². The molecule has 1 atom stereocenters. The smallest absolute Gasteiger partial charge is 0.255 e. The second-order valence-corrected chi connectivity index (χ2v) is 7.12.